The Kier molecular flexibility index (Phi) is 1.38. The van der Waals surface area contributed by atoms with Gasteiger partial charge in [-0.3, -0.25) is 14.9 Å². The number of nitrogens with one attached hydrogen (secondary N) is 2. The third-order valence-electron chi connectivity index (χ3n) is 1.65. The van der Waals surface area contributed by atoms with E-state index in [2.05, 4.69) is 15.0 Å². The minimum absolute atomic E-state index is 0.0775. The van der Waals surface area contributed by atoms with Crippen molar-refractivity contribution < 1.29 is 4.92 Å². The first kappa shape index (κ1) is 7.47. The van der Waals surface area contributed by atoms with Crippen LogP contribution >= 0.6 is 0 Å². The van der Waals surface area contributed by atoms with E-state index in [9.17, 15) is 14.9 Å². The van der Waals surface area contributed by atoms with Crippen LogP contribution in [0.25, 0.3) is 11.0 Å². The highest BCUT2D eigenvalue weighted by molar-refractivity contribution is 5.83. The molecule has 0 aliphatic carbocycles. The lowest BCUT2D eigenvalue weighted by atomic mass is 10.4. The van der Waals surface area contributed by atoms with Crippen molar-refractivity contribution in [3.8, 4) is 0 Å². The minimum atomic E-state index is -0.592. The molecule has 0 amide bonds. The molecule has 0 saturated heterocycles. The van der Waals surface area contributed by atoms with E-state index in [1.165, 1.54) is 0 Å². The van der Waals surface area contributed by atoms with Crippen molar-refractivity contribution in [3.63, 3.8) is 0 Å². The predicted molar refractivity (Wildman–Crippen MR) is 43.4 cm³/mol. The van der Waals surface area contributed by atoms with Crippen molar-refractivity contribution in [1.29, 1.82) is 0 Å². The lowest BCUT2D eigenvalue weighted by Crippen LogP contribution is -2.05. The second-order valence-electron chi connectivity index (χ2n) is 2.39. The van der Waals surface area contributed by atoms with E-state index in [0.29, 0.717) is 0 Å². The Morgan fingerprint density at radius 1 is 1.46 bits per heavy atom. The highest BCUT2D eigenvalue weighted by Crippen LogP contribution is 2.18. The van der Waals surface area contributed by atoms with Crippen LogP contribution in [0.1, 0.15) is 0 Å². The zero-order valence-electron chi connectivity index (χ0n) is 6.27. The maximum atomic E-state index is 11.1. The fourth-order valence-corrected chi connectivity index (χ4v) is 1.08. The monoisotopic (exact) mass is 180 g/mol. The van der Waals surface area contributed by atoms with Crippen LogP contribution < -0.4 is 5.56 Å². The van der Waals surface area contributed by atoms with Crippen molar-refractivity contribution in [3.05, 3.63) is 33.0 Å². The molecule has 0 aliphatic heterocycles. The molecule has 7 nitrogen and oxygen atoms in total. The molecule has 0 spiro atoms. The standard InChI is InChI=1S/C6H4N4O3/c11-6-5-4(8-2-9-6)3(1-7-5)10(12)13/h1-2,7H,(H,8,9,11). The quantitative estimate of drug-likeness (QED) is 0.481. The second kappa shape index (κ2) is 2.41. The first-order chi connectivity index (χ1) is 6.20. The Morgan fingerprint density at radius 2 is 2.23 bits per heavy atom. The van der Waals surface area contributed by atoms with Gasteiger partial charge in [-0.25, -0.2) is 4.98 Å². The van der Waals surface area contributed by atoms with E-state index in [-0.39, 0.29) is 16.7 Å². The van der Waals surface area contributed by atoms with Crippen molar-refractivity contribution in [1.82, 2.24) is 15.0 Å². The Bertz CT molecular complexity index is 526. The average molecular weight is 180 g/mol. The molecular weight excluding hydrogens is 176 g/mol. The Morgan fingerprint density at radius 3 is 2.92 bits per heavy atom. The molecule has 2 heterocycles. The van der Waals surface area contributed by atoms with Gasteiger partial charge >= 0.3 is 5.69 Å². The summed E-state index contributed by atoms with van der Waals surface area (Å²) in [6.07, 6.45) is 2.28. The average Bonchev–Trinajstić information content (AvgIpc) is 2.48. The summed E-state index contributed by atoms with van der Waals surface area (Å²) in [5.74, 6) is 0. The molecule has 0 fully saturated rings. The molecule has 0 radical (unpaired) electrons. The van der Waals surface area contributed by atoms with Gasteiger partial charge in [0.15, 0.2) is 5.52 Å². The molecule has 0 bridgehead atoms. The summed E-state index contributed by atoms with van der Waals surface area (Å²) in [4.78, 5) is 29.4. The summed E-state index contributed by atoms with van der Waals surface area (Å²) in [7, 11) is 0. The summed E-state index contributed by atoms with van der Waals surface area (Å²) >= 11 is 0. The van der Waals surface area contributed by atoms with Gasteiger partial charge in [0, 0.05) is 0 Å². The zero-order chi connectivity index (χ0) is 9.42. The molecule has 0 saturated carbocycles. The highest BCUT2D eigenvalue weighted by Gasteiger charge is 2.16. The van der Waals surface area contributed by atoms with Crippen molar-refractivity contribution >= 4 is 16.7 Å². The topological polar surface area (TPSA) is 105 Å². The first-order valence-electron chi connectivity index (χ1n) is 3.39. The molecule has 0 unspecified atom stereocenters. The fourth-order valence-electron chi connectivity index (χ4n) is 1.08. The van der Waals surface area contributed by atoms with Gasteiger partial charge in [-0.1, -0.05) is 0 Å². The smallest absolute Gasteiger partial charge is 0.313 e. The molecule has 0 aromatic carbocycles. The van der Waals surface area contributed by atoms with E-state index in [1.807, 2.05) is 0 Å². The maximum Gasteiger partial charge on any atom is 0.313 e. The number of aromatic nitrogens is 3. The Balaban J connectivity index is 2.91. The number of hydrogen-bond donors (Lipinski definition) is 2. The van der Waals surface area contributed by atoms with E-state index >= 15 is 0 Å². The van der Waals surface area contributed by atoms with Gasteiger partial charge in [0.05, 0.1) is 17.4 Å². The molecule has 7 heteroatoms. The van der Waals surface area contributed by atoms with Crippen LogP contribution in [0.3, 0.4) is 0 Å². The summed E-state index contributed by atoms with van der Waals surface area (Å²) in [5.41, 5.74) is -0.415. The normalized spacial score (nSPS) is 10.5. The highest BCUT2D eigenvalue weighted by atomic mass is 16.6. The fraction of sp³-hybridized carbons (Fsp3) is 0. The number of fused-ring (bicyclic) bond motifs is 1. The van der Waals surface area contributed by atoms with Crippen molar-refractivity contribution in [2.24, 2.45) is 0 Å². The molecule has 2 N–H and O–H groups in total. The van der Waals surface area contributed by atoms with Gasteiger partial charge in [-0.2, -0.15) is 0 Å². The second-order valence-corrected chi connectivity index (χ2v) is 2.39. The summed E-state index contributed by atoms with van der Waals surface area (Å²) in [5, 5.41) is 10.4. The number of hydrogen-bond acceptors (Lipinski definition) is 4. The van der Waals surface area contributed by atoms with Crippen LogP contribution in [0, 0.1) is 10.1 Å². The van der Waals surface area contributed by atoms with Gasteiger partial charge < -0.3 is 9.97 Å². The summed E-state index contributed by atoms with van der Waals surface area (Å²) < 4.78 is 0. The van der Waals surface area contributed by atoms with Crippen LogP contribution in [0.15, 0.2) is 17.3 Å². The Hall–Kier alpha value is -2.18. The number of rotatable bonds is 1. The van der Waals surface area contributed by atoms with Gasteiger partial charge in [0.2, 0.25) is 0 Å². The molecule has 2 aromatic rings. The molecule has 2 aromatic heterocycles. The number of H-pyrrole nitrogens is 2. The van der Waals surface area contributed by atoms with Crippen molar-refractivity contribution in [2.75, 3.05) is 0 Å². The summed E-state index contributed by atoms with van der Waals surface area (Å²) in [6.45, 7) is 0. The van der Waals surface area contributed by atoms with Gasteiger partial charge in [0.25, 0.3) is 5.56 Å². The first-order valence-corrected chi connectivity index (χ1v) is 3.39. The molecule has 0 aliphatic rings. The van der Waals surface area contributed by atoms with E-state index < -0.39 is 10.5 Å². The van der Waals surface area contributed by atoms with E-state index in [1.54, 1.807) is 0 Å². The van der Waals surface area contributed by atoms with Crippen LogP contribution in [-0.2, 0) is 0 Å². The van der Waals surface area contributed by atoms with Gasteiger partial charge in [-0.15, -0.1) is 0 Å². The van der Waals surface area contributed by atoms with Crippen LogP contribution in [-0.4, -0.2) is 19.9 Å². The molecular formula is C6H4N4O3. The number of nitro groups is 1. The molecule has 13 heavy (non-hydrogen) atoms. The minimum Gasteiger partial charge on any atom is -0.349 e. The zero-order valence-corrected chi connectivity index (χ0v) is 6.27. The maximum absolute atomic E-state index is 11.1. The van der Waals surface area contributed by atoms with Crippen LogP contribution in [0.4, 0.5) is 5.69 Å². The lowest BCUT2D eigenvalue weighted by molar-refractivity contribution is -0.383. The molecule has 2 rings (SSSR count). The van der Waals surface area contributed by atoms with Crippen LogP contribution in [0.5, 0.6) is 0 Å². The van der Waals surface area contributed by atoms with Gasteiger partial charge in [-0.05, 0) is 0 Å². The third-order valence-corrected chi connectivity index (χ3v) is 1.65. The number of aromatic amines is 2. The van der Waals surface area contributed by atoms with Gasteiger partial charge in [0.1, 0.15) is 5.52 Å². The molecule has 66 valence electrons. The van der Waals surface area contributed by atoms with Crippen LogP contribution in [0.2, 0.25) is 0 Å². The largest absolute Gasteiger partial charge is 0.349 e. The predicted octanol–water partition coefficient (Wildman–Crippen LogP) is 0.159. The lowest BCUT2D eigenvalue weighted by Gasteiger charge is -1.86. The third kappa shape index (κ3) is 0.975. The van der Waals surface area contributed by atoms with Crippen molar-refractivity contribution in [2.45, 2.75) is 0 Å². The molecule has 0 atom stereocenters. The summed E-state index contributed by atoms with van der Waals surface area (Å²) in [6, 6.07) is 0. The Labute approximate surface area is 70.6 Å². The SMILES string of the molecule is O=c1[nH]cnc2c([N+](=O)[O-])c[nH]c12. The van der Waals surface area contributed by atoms with E-state index in [0.717, 1.165) is 12.5 Å². The van der Waals surface area contributed by atoms with E-state index in [4.69, 9.17) is 0 Å². The number of nitrogens with zero attached hydrogens (tertiary/aromatic N) is 2.